The third-order valence-corrected chi connectivity index (χ3v) is 4.43. The van der Waals surface area contributed by atoms with E-state index < -0.39 is 0 Å². The topological polar surface area (TPSA) is 52.5 Å². The van der Waals surface area contributed by atoms with Gasteiger partial charge in [0.2, 0.25) is 0 Å². The predicted molar refractivity (Wildman–Crippen MR) is 70.1 cm³/mol. The Labute approximate surface area is 106 Å². The van der Waals surface area contributed by atoms with E-state index in [1.165, 1.54) is 0 Å². The molecule has 1 atom stereocenters. The second kappa shape index (κ2) is 6.50. The van der Waals surface area contributed by atoms with Gasteiger partial charge < -0.3 is 15.5 Å². The van der Waals surface area contributed by atoms with Crippen LogP contribution in [0.5, 0.6) is 0 Å². The number of hydrogen-bond acceptors (Lipinski definition) is 4. The smallest absolute Gasteiger partial charge is 0.101 e. The van der Waals surface area contributed by atoms with Crippen LogP contribution in [0.4, 0.5) is 0 Å². The Hall–Kier alpha value is -0.420. The molecule has 3 nitrogen and oxygen atoms in total. The van der Waals surface area contributed by atoms with Crippen LogP contribution in [0.2, 0.25) is 0 Å². The monoisotopic (exact) mass is 255 g/mol. The lowest BCUT2D eigenvalue weighted by Crippen LogP contribution is -2.30. The van der Waals surface area contributed by atoms with Gasteiger partial charge in [0.15, 0.2) is 0 Å². The van der Waals surface area contributed by atoms with Crippen molar-refractivity contribution in [1.82, 2.24) is 5.32 Å². The summed E-state index contributed by atoms with van der Waals surface area (Å²) in [5, 5.41) is 24.6. The minimum Gasteiger partial charge on any atom is -0.393 e. The number of nitrogens with one attached hydrogen (secondary N) is 1. The standard InChI is InChI=1S/C13H21NO2S/c15-11-5-3-10(4-6-11)8-14-9-12(16)13-2-1-7-17-13/h1-2,7,10-12,14-16H,3-6,8-9H2. The van der Waals surface area contributed by atoms with Crippen LogP contribution in [0.3, 0.4) is 0 Å². The van der Waals surface area contributed by atoms with E-state index in [1.54, 1.807) is 11.3 Å². The van der Waals surface area contributed by atoms with E-state index in [0.29, 0.717) is 12.5 Å². The zero-order valence-corrected chi connectivity index (χ0v) is 10.8. The van der Waals surface area contributed by atoms with Crippen molar-refractivity contribution in [2.24, 2.45) is 5.92 Å². The molecule has 1 aromatic rings. The molecule has 0 aromatic carbocycles. The van der Waals surface area contributed by atoms with Gasteiger partial charge in [-0.3, -0.25) is 0 Å². The summed E-state index contributed by atoms with van der Waals surface area (Å²) >= 11 is 1.59. The van der Waals surface area contributed by atoms with Crippen LogP contribution in [0.1, 0.15) is 36.7 Å². The predicted octanol–water partition coefficient (Wildman–Crippen LogP) is 1.92. The van der Waals surface area contributed by atoms with Crippen LogP contribution < -0.4 is 5.32 Å². The van der Waals surface area contributed by atoms with E-state index >= 15 is 0 Å². The van der Waals surface area contributed by atoms with Gasteiger partial charge in [-0.2, -0.15) is 0 Å². The van der Waals surface area contributed by atoms with E-state index in [1.807, 2.05) is 17.5 Å². The fourth-order valence-electron chi connectivity index (χ4n) is 2.35. The largest absolute Gasteiger partial charge is 0.393 e. The van der Waals surface area contributed by atoms with Gasteiger partial charge in [0, 0.05) is 11.4 Å². The molecule has 0 amide bonds. The molecule has 2 rings (SSSR count). The average Bonchev–Trinajstić information content (AvgIpc) is 2.85. The van der Waals surface area contributed by atoms with Gasteiger partial charge in [-0.15, -0.1) is 11.3 Å². The molecule has 0 spiro atoms. The lowest BCUT2D eigenvalue weighted by molar-refractivity contribution is 0.106. The van der Waals surface area contributed by atoms with Crippen molar-refractivity contribution in [3.05, 3.63) is 22.4 Å². The highest BCUT2D eigenvalue weighted by atomic mass is 32.1. The van der Waals surface area contributed by atoms with Crippen LogP contribution >= 0.6 is 11.3 Å². The van der Waals surface area contributed by atoms with Gasteiger partial charge in [0.05, 0.1) is 6.10 Å². The molecule has 4 heteroatoms. The first kappa shape index (κ1) is 13.0. The van der Waals surface area contributed by atoms with Crippen molar-refractivity contribution in [2.45, 2.75) is 37.9 Å². The van der Waals surface area contributed by atoms with E-state index in [-0.39, 0.29) is 12.2 Å². The van der Waals surface area contributed by atoms with Crippen molar-refractivity contribution >= 4 is 11.3 Å². The molecule has 1 fully saturated rings. The molecule has 1 saturated carbocycles. The molecule has 1 unspecified atom stereocenters. The summed E-state index contributed by atoms with van der Waals surface area (Å²) in [7, 11) is 0. The molecule has 3 N–H and O–H groups in total. The maximum Gasteiger partial charge on any atom is 0.101 e. The minimum absolute atomic E-state index is 0.0806. The van der Waals surface area contributed by atoms with Gasteiger partial charge in [0.25, 0.3) is 0 Å². The summed E-state index contributed by atoms with van der Waals surface area (Å²) in [6.07, 6.45) is 3.60. The maximum atomic E-state index is 9.89. The Morgan fingerprint density at radius 2 is 2.12 bits per heavy atom. The highest BCUT2D eigenvalue weighted by molar-refractivity contribution is 7.10. The highest BCUT2D eigenvalue weighted by Gasteiger charge is 2.19. The van der Waals surface area contributed by atoms with Crippen molar-refractivity contribution in [3.63, 3.8) is 0 Å². The Bertz CT molecular complexity index is 307. The number of thiophene rings is 1. The average molecular weight is 255 g/mol. The summed E-state index contributed by atoms with van der Waals surface area (Å²) in [4.78, 5) is 1.02. The number of aliphatic hydroxyl groups is 2. The van der Waals surface area contributed by atoms with Crippen LogP contribution in [0.15, 0.2) is 17.5 Å². The molecule has 17 heavy (non-hydrogen) atoms. The van der Waals surface area contributed by atoms with Gasteiger partial charge >= 0.3 is 0 Å². The van der Waals surface area contributed by atoms with Gasteiger partial charge in [0.1, 0.15) is 6.10 Å². The van der Waals surface area contributed by atoms with E-state index in [4.69, 9.17) is 0 Å². The molecule has 0 bridgehead atoms. The van der Waals surface area contributed by atoms with Gasteiger partial charge in [-0.1, -0.05) is 6.07 Å². The van der Waals surface area contributed by atoms with Gasteiger partial charge in [-0.05, 0) is 49.6 Å². The molecule has 0 aliphatic heterocycles. The summed E-state index contributed by atoms with van der Waals surface area (Å²) in [5.74, 6) is 0.661. The second-order valence-corrected chi connectivity index (χ2v) is 5.84. The molecule has 0 saturated heterocycles. The molecule has 1 aliphatic carbocycles. The quantitative estimate of drug-likeness (QED) is 0.753. The molecule has 1 aliphatic rings. The Kier molecular flexibility index (Phi) is 4.98. The van der Waals surface area contributed by atoms with E-state index in [9.17, 15) is 10.2 Å². The maximum absolute atomic E-state index is 9.89. The number of hydrogen-bond donors (Lipinski definition) is 3. The normalized spacial score (nSPS) is 26.9. The SMILES string of the molecule is OC1CCC(CNCC(O)c2cccs2)CC1. The first-order chi connectivity index (χ1) is 8.25. The van der Waals surface area contributed by atoms with Crippen molar-refractivity contribution in [1.29, 1.82) is 0 Å². The summed E-state index contributed by atoms with van der Waals surface area (Å²) in [6.45, 7) is 1.58. The van der Waals surface area contributed by atoms with Crippen LogP contribution in [0, 0.1) is 5.92 Å². The number of aliphatic hydroxyl groups excluding tert-OH is 2. The molecule has 1 aromatic heterocycles. The Balaban J connectivity index is 1.63. The fraction of sp³-hybridized carbons (Fsp3) is 0.692. The molecular formula is C13H21NO2S. The zero-order chi connectivity index (χ0) is 12.1. The minimum atomic E-state index is -0.385. The summed E-state index contributed by atoms with van der Waals surface area (Å²) in [5.41, 5.74) is 0. The second-order valence-electron chi connectivity index (χ2n) is 4.86. The van der Waals surface area contributed by atoms with E-state index in [0.717, 1.165) is 37.1 Å². The summed E-state index contributed by atoms with van der Waals surface area (Å²) in [6, 6.07) is 3.93. The van der Waals surface area contributed by atoms with Crippen molar-refractivity contribution in [2.75, 3.05) is 13.1 Å². The Morgan fingerprint density at radius 1 is 1.35 bits per heavy atom. The molecule has 96 valence electrons. The number of rotatable bonds is 5. The highest BCUT2D eigenvalue weighted by Crippen LogP contribution is 2.23. The van der Waals surface area contributed by atoms with Crippen LogP contribution in [0.25, 0.3) is 0 Å². The van der Waals surface area contributed by atoms with E-state index in [2.05, 4.69) is 5.32 Å². The van der Waals surface area contributed by atoms with Crippen molar-refractivity contribution < 1.29 is 10.2 Å². The Morgan fingerprint density at radius 3 is 2.76 bits per heavy atom. The van der Waals surface area contributed by atoms with Crippen molar-refractivity contribution in [3.8, 4) is 0 Å². The third kappa shape index (κ3) is 4.07. The first-order valence-corrected chi connectivity index (χ1v) is 7.24. The molecule has 0 radical (unpaired) electrons. The lowest BCUT2D eigenvalue weighted by atomic mass is 9.87. The zero-order valence-electron chi connectivity index (χ0n) is 10.0. The van der Waals surface area contributed by atoms with Crippen LogP contribution in [-0.4, -0.2) is 29.4 Å². The fourth-order valence-corrected chi connectivity index (χ4v) is 3.07. The first-order valence-electron chi connectivity index (χ1n) is 6.36. The van der Waals surface area contributed by atoms with Gasteiger partial charge in [-0.25, -0.2) is 0 Å². The summed E-state index contributed by atoms with van der Waals surface area (Å²) < 4.78 is 0. The molecule has 1 heterocycles. The third-order valence-electron chi connectivity index (χ3n) is 3.46. The van der Waals surface area contributed by atoms with Crippen LogP contribution in [-0.2, 0) is 0 Å². The molecular weight excluding hydrogens is 234 g/mol. The lowest BCUT2D eigenvalue weighted by Gasteiger charge is -2.25.